The fraction of sp³-hybridized carbons (Fsp3) is 0.364. The highest BCUT2D eigenvalue weighted by atomic mass is 16.5. The van der Waals surface area contributed by atoms with Gasteiger partial charge in [-0.25, -0.2) is 0 Å². The van der Waals surface area contributed by atoms with Gasteiger partial charge in [0.15, 0.2) is 0 Å². The van der Waals surface area contributed by atoms with Gasteiger partial charge in [-0.3, -0.25) is 9.69 Å². The summed E-state index contributed by atoms with van der Waals surface area (Å²) < 4.78 is 7.66. The molecule has 1 aliphatic heterocycles. The summed E-state index contributed by atoms with van der Waals surface area (Å²) in [7, 11) is 4.11. The second kappa shape index (κ2) is 13.1. The maximum Gasteiger partial charge on any atom is 0.268 e. The number of hydrogen-bond donors (Lipinski definition) is 2. The number of nitrogens with one attached hydrogen (secondary N) is 1. The van der Waals surface area contributed by atoms with Crippen LogP contribution in [-0.4, -0.2) is 85.4 Å². The Morgan fingerprint density at radius 3 is 2.33 bits per heavy atom. The van der Waals surface area contributed by atoms with Crippen LogP contribution in [0.1, 0.15) is 39.5 Å². The third kappa shape index (κ3) is 6.39. The molecule has 1 fully saturated rings. The standard InChI is InChI=1S/C33H40N4O3/c1-35(2)19-20-37-29-12-7-6-11-28(29)31(32(37)33(39)34-17-8-18-36-21-23-40-24-22-36)30(25-9-4-3-5-10-25)26-13-15-27(38)16-14-26/h3-7,9-16,30,38H,8,17-24H2,1-2H3,(H,34,39). The van der Waals surface area contributed by atoms with E-state index < -0.39 is 0 Å². The van der Waals surface area contributed by atoms with Crippen molar-refractivity contribution in [2.45, 2.75) is 18.9 Å². The van der Waals surface area contributed by atoms with E-state index >= 15 is 0 Å². The zero-order chi connectivity index (χ0) is 27.9. The molecule has 7 nitrogen and oxygen atoms in total. The molecule has 0 bridgehead atoms. The van der Waals surface area contributed by atoms with Crippen molar-refractivity contribution in [3.63, 3.8) is 0 Å². The number of carbonyl (C=O) groups excluding carboxylic acids is 1. The van der Waals surface area contributed by atoms with Gasteiger partial charge in [0.05, 0.1) is 13.2 Å². The zero-order valence-corrected chi connectivity index (χ0v) is 23.6. The summed E-state index contributed by atoms with van der Waals surface area (Å²) in [5.41, 5.74) is 4.89. The van der Waals surface area contributed by atoms with E-state index in [1.807, 2.05) is 42.5 Å². The number of nitrogens with zero attached hydrogens (tertiary/aromatic N) is 3. The molecule has 0 saturated carbocycles. The van der Waals surface area contributed by atoms with Crippen LogP contribution < -0.4 is 5.32 Å². The van der Waals surface area contributed by atoms with Crippen molar-refractivity contribution in [2.75, 3.05) is 60.0 Å². The highest BCUT2D eigenvalue weighted by Gasteiger charge is 2.30. The summed E-state index contributed by atoms with van der Waals surface area (Å²) in [5, 5.41) is 14.4. The van der Waals surface area contributed by atoms with Crippen molar-refractivity contribution in [1.82, 2.24) is 19.7 Å². The Morgan fingerprint density at radius 1 is 0.925 bits per heavy atom. The van der Waals surface area contributed by atoms with E-state index in [0.717, 1.165) is 73.4 Å². The van der Waals surface area contributed by atoms with Crippen LogP contribution in [0.5, 0.6) is 5.75 Å². The first kappa shape index (κ1) is 27.9. The number of amides is 1. The van der Waals surface area contributed by atoms with Gasteiger partial charge in [0.2, 0.25) is 0 Å². The Balaban J connectivity index is 1.57. The maximum absolute atomic E-state index is 14.2. The lowest BCUT2D eigenvalue weighted by Gasteiger charge is -2.26. The summed E-state index contributed by atoms with van der Waals surface area (Å²) in [6.45, 7) is 6.51. The fourth-order valence-electron chi connectivity index (χ4n) is 5.65. The number of phenolic OH excluding ortho intramolecular Hbond substituents is 1. The van der Waals surface area contributed by atoms with Crippen LogP contribution >= 0.6 is 0 Å². The highest BCUT2D eigenvalue weighted by molar-refractivity contribution is 6.02. The number of phenols is 1. The van der Waals surface area contributed by atoms with E-state index in [0.29, 0.717) is 18.8 Å². The van der Waals surface area contributed by atoms with Crippen LogP contribution in [0.2, 0.25) is 0 Å². The summed E-state index contributed by atoms with van der Waals surface area (Å²) >= 11 is 0. The van der Waals surface area contributed by atoms with Gasteiger partial charge >= 0.3 is 0 Å². The number of hydrogen-bond acceptors (Lipinski definition) is 5. The maximum atomic E-state index is 14.2. The second-order valence-corrected chi connectivity index (χ2v) is 10.7. The predicted molar refractivity (Wildman–Crippen MR) is 160 cm³/mol. The Hall–Kier alpha value is -3.65. The number of fused-ring (bicyclic) bond motifs is 1. The van der Waals surface area contributed by atoms with Gasteiger partial charge in [-0.2, -0.15) is 0 Å². The molecule has 0 spiro atoms. The smallest absolute Gasteiger partial charge is 0.268 e. The average molecular weight is 541 g/mol. The lowest BCUT2D eigenvalue weighted by molar-refractivity contribution is 0.0374. The van der Waals surface area contributed by atoms with Crippen molar-refractivity contribution in [2.24, 2.45) is 0 Å². The van der Waals surface area contributed by atoms with Gasteiger partial charge in [0.1, 0.15) is 11.4 Å². The molecule has 0 radical (unpaired) electrons. The molecule has 4 aromatic rings. The molecule has 0 aliphatic carbocycles. The fourth-order valence-corrected chi connectivity index (χ4v) is 5.65. The summed E-state index contributed by atoms with van der Waals surface area (Å²) in [5.74, 6) is -0.00439. The molecule has 2 heterocycles. The molecule has 1 amide bonds. The zero-order valence-electron chi connectivity index (χ0n) is 23.6. The number of aromatic hydroxyl groups is 1. The number of rotatable bonds is 11. The second-order valence-electron chi connectivity index (χ2n) is 10.7. The lowest BCUT2D eigenvalue weighted by atomic mass is 9.83. The molecule has 2 N–H and O–H groups in total. The van der Waals surface area contributed by atoms with Gasteiger partial charge in [0, 0.05) is 55.1 Å². The van der Waals surface area contributed by atoms with Crippen LogP contribution in [0.15, 0.2) is 78.9 Å². The van der Waals surface area contributed by atoms with E-state index in [1.165, 1.54) is 0 Å². The molecule has 1 atom stereocenters. The van der Waals surface area contributed by atoms with Gasteiger partial charge in [-0.15, -0.1) is 0 Å². The Morgan fingerprint density at radius 2 is 1.60 bits per heavy atom. The Kier molecular flexibility index (Phi) is 9.16. The van der Waals surface area contributed by atoms with Gasteiger partial charge in [-0.05, 0) is 56.4 Å². The third-order valence-electron chi connectivity index (χ3n) is 7.68. The largest absolute Gasteiger partial charge is 0.508 e. The normalized spacial score (nSPS) is 15.0. The van der Waals surface area contributed by atoms with E-state index in [9.17, 15) is 9.90 Å². The van der Waals surface area contributed by atoms with Crippen LogP contribution in [0.3, 0.4) is 0 Å². The van der Waals surface area contributed by atoms with Gasteiger partial charge < -0.3 is 24.6 Å². The molecule has 3 aromatic carbocycles. The number of likely N-dealkylation sites (N-methyl/N-ethyl adjacent to an activating group) is 1. The average Bonchev–Trinajstić information content (AvgIpc) is 3.30. The van der Waals surface area contributed by atoms with Crippen molar-refractivity contribution < 1.29 is 14.6 Å². The number of para-hydroxylation sites is 1. The molecular weight excluding hydrogens is 500 g/mol. The molecule has 40 heavy (non-hydrogen) atoms. The molecular formula is C33H40N4O3. The summed E-state index contributed by atoms with van der Waals surface area (Å²) in [4.78, 5) is 18.7. The number of benzene rings is 3. The van der Waals surface area contributed by atoms with Crippen LogP contribution in [0.25, 0.3) is 10.9 Å². The Labute approximate surface area is 237 Å². The minimum absolute atomic E-state index is 0.0494. The van der Waals surface area contributed by atoms with Crippen molar-refractivity contribution in [3.05, 3.63) is 101 Å². The van der Waals surface area contributed by atoms with Crippen LogP contribution in [0, 0.1) is 0 Å². The van der Waals surface area contributed by atoms with E-state index in [1.54, 1.807) is 12.1 Å². The SMILES string of the molecule is CN(C)CCn1c(C(=O)NCCCN2CCOCC2)c(C(c2ccccc2)c2ccc(O)cc2)c2ccccc21. The van der Waals surface area contributed by atoms with Gasteiger partial charge in [-0.1, -0.05) is 60.7 Å². The number of aromatic nitrogens is 1. The molecule has 1 saturated heterocycles. The molecule has 5 rings (SSSR count). The predicted octanol–water partition coefficient (Wildman–Crippen LogP) is 4.54. The highest BCUT2D eigenvalue weighted by Crippen LogP contribution is 2.40. The van der Waals surface area contributed by atoms with E-state index in [2.05, 4.69) is 58.0 Å². The number of carbonyl (C=O) groups is 1. The first-order valence-electron chi connectivity index (χ1n) is 14.2. The van der Waals surface area contributed by atoms with Gasteiger partial charge in [0.25, 0.3) is 5.91 Å². The van der Waals surface area contributed by atoms with Crippen LogP contribution in [0.4, 0.5) is 0 Å². The first-order chi connectivity index (χ1) is 19.5. The van der Waals surface area contributed by atoms with Crippen molar-refractivity contribution in [3.8, 4) is 5.75 Å². The van der Waals surface area contributed by atoms with Crippen LogP contribution in [-0.2, 0) is 11.3 Å². The summed E-state index contributed by atoms with van der Waals surface area (Å²) in [6, 6.07) is 26.0. The monoisotopic (exact) mass is 540 g/mol. The number of ether oxygens (including phenoxy) is 1. The first-order valence-corrected chi connectivity index (χ1v) is 14.2. The van der Waals surface area contributed by atoms with Crippen molar-refractivity contribution in [1.29, 1.82) is 0 Å². The minimum Gasteiger partial charge on any atom is -0.508 e. The van der Waals surface area contributed by atoms with Crippen molar-refractivity contribution >= 4 is 16.8 Å². The molecule has 1 aromatic heterocycles. The Bertz CT molecular complexity index is 1390. The van der Waals surface area contributed by atoms with E-state index in [-0.39, 0.29) is 17.6 Å². The molecule has 210 valence electrons. The summed E-state index contributed by atoms with van der Waals surface area (Å²) in [6.07, 6.45) is 0.888. The molecule has 7 heteroatoms. The molecule has 1 unspecified atom stereocenters. The third-order valence-corrected chi connectivity index (χ3v) is 7.68. The molecule has 1 aliphatic rings. The topological polar surface area (TPSA) is 70.0 Å². The van der Waals surface area contributed by atoms with E-state index in [4.69, 9.17) is 4.74 Å². The lowest BCUT2D eigenvalue weighted by Crippen LogP contribution is -2.38. The quantitative estimate of drug-likeness (QED) is 0.274. The minimum atomic E-state index is -0.179. The number of morpholine rings is 1.